The number of carbonyl (C=O) groups excluding carboxylic acids is 1. The normalized spacial score (nSPS) is 10.7. The highest BCUT2D eigenvalue weighted by Crippen LogP contribution is 2.06. The largest absolute Gasteiger partial charge is 0.478 e. The van der Waals surface area contributed by atoms with Crippen molar-refractivity contribution in [3.8, 4) is 0 Å². The highest BCUT2D eigenvalue weighted by molar-refractivity contribution is 5.94. The van der Waals surface area contributed by atoms with Gasteiger partial charge in [-0.1, -0.05) is 25.5 Å². The van der Waals surface area contributed by atoms with E-state index in [9.17, 15) is 9.59 Å². The number of nitrogens with one attached hydrogen (secondary N) is 1. The van der Waals surface area contributed by atoms with Gasteiger partial charge in [0.25, 0.3) is 5.91 Å². The van der Waals surface area contributed by atoms with E-state index in [0.29, 0.717) is 18.7 Å². The minimum Gasteiger partial charge on any atom is -0.478 e. The molecule has 5 nitrogen and oxygen atoms in total. The third-order valence-electron chi connectivity index (χ3n) is 2.77. The topological polar surface area (TPSA) is 75.6 Å². The zero-order valence-electron chi connectivity index (χ0n) is 12.2. The minimum atomic E-state index is -1.00. The van der Waals surface area contributed by atoms with E-state index >= 15 is 0 Å². The van der Waals surface area contributed by atoms with Gasteiger partial charge in [-0.2, -0.15) is 0 Å². The number of aliphatic carboxylic acids is 1. The zero-order valence-corrected chi connectivity index (χ0v) is 12.2. The van der Waals surface area contributed by atoms with Crippen molar-refractivity contribution in [1.29, 1.82) is 0 Å². The Hall–Kier alpha value is -2.14. The van der Waals surface area contributed by atoms with Crippen molar-refractivity contribution in [2.75, 3.05) is 19.8 Å². The van der Waals surface area contributed by atoms with Gasteiger partial charge in [0.05, 0.1) is 6.61 Å². The molecule has 1 rings (SSSR count). The monoisotopic (exact) mass is 291 g/mol. The van der Waals surface area contributed by atoms with Crippen molar-refractivity contribution in [3.05, 3.63) is 41.5 Å². The van der Waals surface area contributed by atoms with Crippen LogP contribution in [-0.4, -0.2) is 36.7 Å². The number of ether oxygens (including phenoxy) is 1. The Labute approximate surface area is 124 Å². The number of rotatable bonds is 9. The van der Waals surface area contributed by atoms with Gasteiger partial charge in [0.1, 0.15) is 0 Å². The van der Waals surface area contributed by atoms with Crippen molar-refractivity contribution in [3.63, 3.8) is 0 Å². The molecule has 0 saturated carbocycles. The third kappa shape index (κ3) is 7.27. The van der Waals surface area contributed by atoms with E-state index in [-0.39, 0.29) is 5.91 Å². The molecule has 0 heterocycles. The van der Waals surface area contributed by atoms with Gasteiger partial charge in [-0.05, 0) is 30.2 Å². The minimum absolute atomic E-state index is 0.164. The number of amides is 1. The van der Waals surface area contributed by atoms with E-state index in [1.807, 2.05) is 0 Å². The fraction of sp³-hybridized carbons (Fsp3) is 0.375. The van der Waals surface area contributed by atoms with Crippen molar-refractivity contribution >= 4 is 18.0 Å². The number of benzene rings is 1. The first kappa shape index (κ1) is 16.9. The van der Waals surface area contributed by atoms with Crippen LogP contribution in [0.3, 0.4) is 0 Å². The van der Waals surface area contributed by atoms with Crippen LogP contribution in [0.4, 0.5) is 0 Å². The number of hydrogen-bond donors (Lipinski definition) is 2. The quantitative estimate of drug-likeness (QED) is 0.541. The summed E-state index contributed by atoms with van der Waals surface area (Å²) in [5.74, 6) is -1.16. The summed E-state index contributed by atoms with van der Waals surface area (Å²) in [5.41, 5.74) is 1.27. The van der Waals surface area contributed by atoms with Gasteiger partial charge < -0.3 is 15.2 Å². The predicted octanol–water partition coefficient (Wildman–Crippen LogP) is 2.33. The molecule has 0 aliphatic heterocycles. The summed E-state index contributed by atoms with van der Waals surface area (Å²) in [6.07, 6.45) is 4.66. The van der Waals surface area contributed by atoms with Crippen LogP contribution in [0.1, 0.15) is 35.7 Å². The molecule has 114 valence electrons. The van der Waals surface area contributed by atoms with Crippen molar-refractivity contribution in [2.45, 2.75) is 19.8 Å². The molecule has 0 atom stereocenters. The highest BCUT2D eigenvalue weighted by Gasteiger charge is 2.03. The molecular formula is C16H21NO4. The maximum Gasteiger partial charge on any atom is 0.328 e. The van der Waals surface area contributed by atoms with Crippen molar-refractivity contribution in [1.82, 2.24) is 5.32 Å². The Morgan fingerprint density at radius 1 is 1.24 bits per heavy atom. The molecule has 0 bridgehead atoms. The van der Waals surface area contributed by atoms with Crippen LogP contribution in [0, 0.1) is 0 Å². The maximum atomic E-state index is 11.8. The van der Waals surface area contributed by atoms with Crippen molar-refractivity contribution < 1.29 is 19.4 Å². The molecule has 21 heavy (non-hydrogen) atoms. The summed E-state index contributed by atoms with van der Waals surface area (Å²) in [7, 11) is 0. The lowest BCUT2D eigenvalue weighted by molar-refractivity contribution is -0.131. The lowest BCUT2D eigenvalue weighted by atomic mass is 10.1. The predicted molar refractivity (Wildman–Crippen MR) is 81.2 cm³/mol. The van der Waals surface area contributed by atoms with Gasteiger partial charge in [0, 0.05) is 24.8 Å². The van der Waals surface area contributed by atoms with Crippen LogP contribution in [0.15, 0.2) is 30.3 Å². The Morgan fingerprint density at radius 2 is 1.95 bits per heavy atom. The molecule has 0 aromatic heterocycles. The second-order valence-electron chi connectivity index (χ2n) is 4.52. The molecule has 2 N–H and O–H groups in total. The first-order chi connectivity index (χ1) is 10.1. The Balaban J connectivity index is 2.36. The van der Waals surface area contributed by atoms with E-state index in [2.05, 4.69) is 12.2 Å². The number of carbonyl (C=O) groups is 2. The molecule has 0 unspecified atom stereocenters. The summed E-state index contributed by atoms with van der Waals surface area (Å²) >= 11 is 0. The summed E-state index contributed by atoms with van der Waals surface area (Å²) in [5, 5.41) is 11.3. The number of carboxylic acids is 1. The van der Waals surface area contributed by atoms with Gasteiger partial charge in [-0.25, -0.2) is 4.79 Å². The third-order valence-corrected chi connectivity index (χ3v) is 2.77. The van der Waals surface area contributed by atoms with Crippen LogP contribution >= 0.6 is 0 Å². The summed E-state index contributed by atoms with van der Waals surface area (Å²) in [6.45, 7) is 3.80. The molecule has 0 radical (unpaired) electrons. The maximum absolute atomic E-state index is 11.8. The zero-order chi connectivity index (χ0) is 15.5. The molecule has 0 aliphatic carbocycles. The van der Waals surface area contributed by atoms with Gasteiger partial charge in [-0.15, -0.1) is 0 Å². The molecule has 0 saturated heterocycles. The van der Waals surface area contributed by atoms with E-state index in [4.69, 9.17) is 9.84 Å². The standard InChI is InChI=1S/C16H21NO4/c1-2-3-11-21-12-10-17-16(20)14-7-4-13(5-8-14)6-9-15(18)19/h4-9H,2-3,10-12H2,1H3,(H,17,20)(H,18,19). The Bertz CT molecular complexity index is 480. The first-order valence-corrected chi connectivity index (χ1v) is 7.00. The van der Waals surface area contributed by atoms with E-state index in [1.54, 1.807) is 24.3 Å². The van der Waals surface area contributed by atoms with Crippen LogP contribution in [-0.2, 0) is 9.53 Å². The van der Waals surface area contributed by atoms with Gasteiger partial charge in [0.2, 0.25) is 0 Å². The van der Waals surface area contributed by atoms with Gasteiger partial charge in [-0.3, -0.25) is 4.79 Å². The first-order valence-electron chi connectivity index (χ1n) is 7.00. The van der Waals surface area contributed by atoms with Gasteiger partial charge in [0.15, 0.2) is 0 Å². The molecule has 0 aliphatic rings. The van der Waals surface area contributed by atoms with Crippen LogP contribution in [0.5, 0.6) is 0 Å². The van der Waals surface area contributed by atoms with E-state index in [0.717, 1.165) is 31.1 Å². The van der Waals surface area contributed by atoms with Crippen molar-refractivity contribution in [2.24, 2.45) is 0 Å². The van der Waals surface area contributed by atoms with Crippen LogP contribution < -0.4 is 5.32 Å². The van der Waals surface area contributed by atoms with E-state index < -0.39 is 5.97 Å². The lowest BCUT2D eigenvalue weighted by Crippen LogP contribution is -2.27. The summed E-state index contributed by atoms with van der Waals surface area (Å²) < 4.78 is 5.35. The molecule has 1 amide bonds. The summed E-state index contributed by atoms with van der Waals surface area (Å²) in [4.78, 5) is 22.2. The second-order valence-corrected chi connectivity index (χ2v) is 4.52. The smallest absolute Gasteiger partial charge is 0.328 e. The fourth-order valence-corrected chi connectivity index (χ4v) is 1.60. The molecule has 0 spiro atoms. The van der Waals surface area contributed by atoms with E-state index in [1.165, 1.54) is 6.08 Å². The average Bonchev–Trinajstić information content (AvgIpc) is 2.49. The van der Waals surface area contributed by atoms with Gasteiger partial charge >= 0.3 is 5.97 Å². The lowest BCUT2D eigenvalue weighted by Gasteiger charge is -2.06. The average molecular weight is 291 g/mol. The molecular weight excluding hydrogens is 270 g/mol. The number of hydrogen-bond acceptors (Lipinski definition) is 3. The molecule has 5 heteroatoms. The summed E-state index contributed by atoms with van der Waals surface area (Å²) in [6, 6.07) is 6.72. The SMILES string of the molecule is CCCCOCCNC(=O)c1ccc(C=CC(=O)O)cc1. The highest BCUT2D eigenvalue weighted by atomic mass is 16.5. The second kappa shape index (κ2) is 9.72. The van der Waals surface area contributed by atoms with Crippen LogP contribution in [0.25, 0.3) is 6.08 Å². The molecule has 0 fully saturated rings. The van der Waals surface area contributed by atoms with Crippen LogP contribution in [0.2, 0.25) is 0 Å². The Morgan fingerprint density at radius 3 is 2.57 bits per heavy atom. The Kier molecular flexibility index (Phi) is 7.82. The number of unbranched alkanes of at least 4 members (excludes halogenated alkanes) is 1. The molecule has 1 aromatic carbocycles. The fourth-order valence-electron chi connectivity index (χ4n) is 1.60. The number of carboxylic acid groups (broad SMARTS) is 1. The molecule has 1 aromatic rings.